The third-order valence-corrected chi connectivity index (χ3v) is 4.27. The van der Waals surface area contributed by atoms with Gasteiger partial charge in [0.25, 0.3) is 0 Å². The van der Waals surface area contributed by atoms with Crippen LogP contribution in [0.15, 0.2) is 46.9 Å². The molecule has 0 unspecified atom stereocenters. The fourth-order valence-electron chi connectivity index (χ4n) is 2.44. The van der Waals surface area contributed by atoms with E-state index >= 15 is 0 Å². The van der Waals surface area contributed by atoms with Gasteiger partial charge in [0.05, 0.1) is 12.0 Å². The minimum absolute atomic E-state index is 0.0190. The Morgan fingerprint density at radius 1 is 1.11 bits per heavy atom. The summed E-state index contributed by atoms with van der Waals surface area (Å²) in [6.45, 7) is 4.16. The lowest BCUT2D eigenvalue weighted by molar-refractivity contribution is -0.137. The van der Waals surface area contributed by atoms with E-state index in [-0.39, 0.29) is 17.3 Å². The van der Waals surface area contributed by atoms with Crippen molar-refractivity contribution < 1.29 is 22.8 Å². The second kappa shape index (κ2) is 9.23. The Bertz CT molecular complexity index is 867. The summed E-state index contributed by atoms with van der Waals surface area (Å²) in [4.78, 5) is 24.3. The second-order valence-electron chi connectivity index (χ2n) is 6.69. The van der Waals surface area contributed by atoms with Crippen molar-refractivity contribution in [2.45, 2.75) is 26.4 Å². The number of alkyl halides is 3. The summed E-state index contributed by atoms with van der Waals surface area (Å²) in [6, 6.07) is 10.1. The summed E-state index contributed by atoms with van der Waals surface area (Å²) in [5.41, 5.74) is -0.600. The number of carbonyl (C=O) groups is 2. The Labute approximate surface area is 169 Å². The van der Waals surface area contributed by atoms with Crippen LogP contribution in [0.5, 0.6) is 0 Å². The Hall–Kier alpha value is -2.35. The van der Waals surface area contributed by atoms with E-state index in [0.717, 1.165) is 6.07 Å². The Kier molecular flexibility index (Phi) is 7.23. The third-order valence-electron chi connectivity index (χ3n) is 3.78. The van der Waals surface area contributed by atoms with E-state index in [9.17, 15) is 22.8 Å². The lowest BCUT2D eigenvalue weighted by atomic mass is 10.1. The van der Waals surface area contributed by atoms with Crippen LogP contribution in [0, 0.1) is 5.92 Å². The maximum Gasteiger partial charge on any atom is 0.418 e. The van der Waals surface area contributed by atoms with Crippen LogP contribution in [-0.2, 0) is 11.0 Å². The normalized spacial score (nSPS) is 11.4. The van der Waals surface area contributed by atoms with Crippen LogP contribution >= 0.6 is 15.9 Å². The molecule has 0 aliphatic carbocycles. The quantitative estimate of drug-likeness (QED) is 0.412. The van der Waals surface area contributed by atoms with Gasteiger partial charge in [0, 0.05) is 28.0 Å². The van der Waals surface area contributed by atoms with Crippen LogP contribution in [0.3, 0.4) is 0 Å². The molecular weight excluding hydrogens is 437 g/mol. The molecule has 0 bridgehead atoms. The first-order valence-corrected chi connectivity index (χ1v) is 9.39. The molecule has 0 aliphatic heterocycles. The minimum atomic E-state index is -4.58. The zero-order valence-electron chi connectivity index (χ0n) is 15.4. The lowest BCUT2D eigenvalue weighted by Crippen LogP contribution is -2.18. The fraction of sp³-hybridized carbons (Fsp3) is 0.300. The number of halogens is 4. The topological polar surface area (TPSA) is 58.2 Å². The number of Topliss-reactive ketones (excluding diaryl/α,β-unsaturated/α-hetero) is 1. The zero-order valence-corrected chi connectivity index (χ0v) is 16.9. The first-order chi connectivity index (χ1) is 13.1. The molecule has 8 heteroatoms. The molecule has 0 saturated carbocycles. The van der Waals surface area contributed by atoms with Crippen molar-refractivity contribution >= 4 is 39.0 Å². The maximum atomic E-state index is 13.3. The van der Waals surface area contributed by atoms with Crippen molar-refractivity contribution in [2.24, 2.45) is 5.92 Å². The molecule has 0 heterocycles. The number of benzene rings is 2. The molecule has 0 aliphatic rings. The van der Waals surface area contributed by atoms with Crippen molar-refractivity contribution in [3.63, 3.8) is 0 Å². The smallest absolute Gasteiger partial charge is 0.384 e. The van der Waals surface area contributed by atoms with Crippen molar-refractivity contribution in [2.75, 3.05) is 17.2 Å². The molecule has 28 heavy (non-hydrogen) atoms. The first-order valence-electron chi connectivity index (χ1n) is 8.60. The second-order valence-corrected chi connectivity index (χ2v) is 7.61. The summed E-state index contributed by atoms with van der Waals surface area (Å²) >= 11 is 3.24. The van der Waals surface area contributed by atoms with E-state index in [4.69, 9.17) is 0 Å². The standard InChI is InChI=1S/C20H20BrF3N2O2/c1-12(2)11-25-17-7-6-15(9-16(17)20(22,23)24)26-19(28)10-18(27)13-4-3-5-14(21)8-13/h3-9,12,25H,10-11H2,1-2H3,(H,26,28). The molecule has 0 aromatic heterocycles. The van der Waals surface area contributed by atoms with Crippen molar-refractivity contribution in [1.82, 2.24) is 0 Å². The van der Waals surface area contributed by atoms with Gasteiger partial charge >= 0.3 is 6.18 Å². The molecule has 0 spiro atoms. The molecule has 2 aromatic rings. The Morgan fingerprint density at radius 3 is 2.43 bits per heavy atom. The van der Waals surface area contributed by atoms with E-state index < -0.39 is 29.9 Å². The molecule has 0 atom stereocenters. The first kappa shape index (κ1) is 21.9. The predicted octanol–water partition coefficient (Wildman–Crippen LogP) is 5.75. The SMILES string of the molecule is CC(C)CNc1ccc(NC(=O)CC(=O)c2cccc(Br)c2)cc1C(F)(F)F. The molecular formula is C20H20BrF3N2O2. The van der Waals surface area contributed by atoms with Gasteiger partial charge in [-0.1, -0.05) is 41.9 Å². The average Bonchev–Trinajstić information content (AvgIpc) is 2.59. The van der Waals surface area contributed by atoms with Crippen LogP contribution in [0.1, 0.15) is 36.2 Å². The third kappa shape index (κ3) is 6.37. The molecule has 0 saturated heterocycles. The largest absolute Gasteiger partial charge is 0.418 e. The molecule has 2 aromatic carbocycles. The van der Waals surface area contributed by atoms with Crippen LogP contribution < -0.4 is 10.6 Å². The molecule has 0 radical (unpaired) electrons. The van der Waals surface area contributed by atoms with Crippen molar-refractivity contribution in [1.29, 1.82) is 0 Å². The minimum Gasteiger partial charge on any atom is -0.384 e. The van der Waals surface area contributed by atoms with Crippen LogP contribution in [0.4, 0.5) is 24.5 Å². The molecule has 2 N–H and O–H groups in total. The number of amides is 1. The highest BCUT2D eigenvalue weighted by atomic mass is 79.9. The van der Waals surface area contributed by atoms with Crippen molar-refractivity contribution in [3.8, 4) is 0 Å². The van der Waals surface area contributed by atoms with E-state index in [2.05, 4.69) is 26.6 Å². The summed E-state index contributed by atoms with van der Waals surface area (Å²) in [5.74, 6) is -0.935. The molecule has 1 amide bonds. The molecule has 2 rings (SSSR count). The van der Waals surface area contributed by atoms with Crippen LogP contribution in [0.2, 0.25) is 0 Å². The Balaban J connectivity index is 2.12. The highest BCUT2D eigenvalue weighted by Gasteiger charge is 2.34. The summed E-state index contributed by atoms with van der Waals surface area (Å²) < 4.78 is 40.7. The highest BCUT2D eigenvalue weighted by molar-refractivity contribution is 9.10. The van der Waals surface area contributed by atoms with Gasteiger partial charge < -0.3 is 10.6 Å². The summed E-state index contributed by atoms with van der Waals surface area (Å²) in [5, 5.41) is 5.13. The lowest BCUT2D eigenvalue weighted by Gasteiger charge is -2.17. The number of nitrogens with one attached hydrogen (secondary N) is 2. The van der Waals surface area contributed by atoms with E-state index in [1.807, 2.05) is 13.8 Å². The van der Waals surface area contributed by atoms with Crippen molar-refractivity contribution in [3.05, 3.63) is 58.1 Å². The number of carbonyl (C=O) groups excluding carboxylic acids is 2. The van der Waals surface area contributed by atoms with Gasteiger partial charge in [-0.3, -0.25) is 9.59 Å². The fourth-order valence-corrected chi connectivity index (χ4v) is 2.84. The average molecular weight is 457 g/mol. The predicted molar refractivity (Wildman–Crippen MR) is 106 cm³/mol. The summed E-state index contributed by atoms with van der Waals surface area (Å²) in [7, 11) is 0. The van der Waals surface area contributed by atoms with E-state index in [0.29, 0.717) is 16.6 Å². The van der Waals surface area contributed by atoms with Gasteiger partial charge in [-0.15, -0.1) is 0 Å². The van der Waals surface area contributed by atoms with E-state index in [1.165, 1.54) is 12.1 Å². The zero-order chi connectivity index (χ0) is 20.9. The monoisotopic (exact) mass is 456 g/mol. The Morgan fingerprint density at radius 2 is 1.82 bits per heavy atom. The van der Waals surface area contributed by atoms with Gasteiger partial charge in [-0.2, -0.15) is 13.2 Å². The number of hydrogen-bond acceptors (Lipinski definition) is 3. The number of anilines is 2. The van der Waals surface area contributed by atoms with Gasteiger partial charge in [-0.05, 0) is 36.2 Å². The van der Waals surface area contributed by atoms with Gasteiger partial charge in [0.1, 0.15) is 0 Å². The molecule has 0 fully saturated rings. The molecule has 4 nitrogen and oxygen atoms in total. The van der Waals surface area contributed by atoms with Gasteiger partial charge in [0.15, 0.2) is 5.78 Å². The number of rotatable bonds is 7. The van der Waals surface area contributed by atoms with Gasteiger partial charge in [0.2, 0.25) is 5.91 Å². The van der Waals surface area contributed by atoms with Crippen LogP contribution in [-0.4, -0.2) is 18.2 Å². The van der Waals surface area contributed by atoms with Gasteiger partial charge in [-0.25, -0.2) is 0 Å². The number of ketones is 1. The number of hydrogen-bond donors (Lipinski definition) is 2. The maximum absolute atomic E-state index is 13.3. The van der Waals surface area contributed by atoms with Crippen LogP contribution in [0.25, 0.3) is 0 Å². The highest BCUT2D eigenvalue weighted by Crippen LogP contribution is 2.36. The molecule has 150 valence electrons. The van der Waals surface area contributed by atoms with E-state index in [1.54, 1.807) is 24.3 Å². The summed E-state index contributed by atoms with van der Waals surface area (Å²) in [6.07, 6.45) is -5.04.